The number of rotatable bonds is 6. The number of hydrogen-bond acceptors (Lipinski definition) is 4. The number of aliphatic hydroxyl groups is 1. The maximum absolute atomic E-state index is 13.7. The van der Waals surface area contributed by atoms with Crippen molar-refractivity contribution in [2.24, 2.45) is 0 Å². The summed E-state index contributed by atoms with van der Waals surface area (Å²) in [6.45, 7) is 4.12. The summed E-state index contributed by atoms with van der Waals surface area (Å²) in [5.74, 6) is -2.34. The molecule has 1 aromatic rings. The zero-order valence-electron chi connectivity index (χ0n) is 12.0. The van der Waals surface area contributed by atoms with Crippen LogP contribution in [0.5, 0.6) is 0 Å². The Hall–Kier alpha value is -1.51. The third-order valence-electron chi connectivity index (χ3n) is 3.24. The van der Waals surface area contributed by atoms with Gasteiger partial charge in [0.2, 0.25) is 10.0 Å². The van der Waals surface area contributed by atoms with Crippen LogP contribution in [0, 0.1) is 12.7 Å². The van der Waals surface area contributed by atoms with Crippen molar-refractivity contribution in [3.8, 4) is 0 Å². The Balaban J connectivity index is 3.22. The van der Waals surface area contributed by atoms with Gasteiger partial charge in [0, 0.05) is 12.1 Å². The van der Waals surface area contributed by atoms with E-state index in [1.54, 1.807) is 6.92 Å². The van der Waals surface area contributed by atoms with Gasteiger partial charge in [-0.2, -0.15) is 0 Å². The van der Waals surface area contributed by atoms with Crippen molar-refractivity contribution in [1.29, 1.82) is 0 Å². The molecule has 0 aromatic heterocycles. The van der Waals surface area contributed by atoms with E-state index in [-0.39, 0.29) is 12.1 Å². The van der Waals surface area contributed by atoms with Crippen molar-refractivity contribution in [1.82, 2.24) is 4.72 Å². The molecule has 0 heterocycles. The van der Waals surface area contributed by atoms with Gasteiger partial charge in [-0.05, 0) is 32.4 Å². The van der Waals surface area contributed by atoms with Crippen molar-refractivity contribution in [3.63, 3.8) is 0 Å². The van der Waals surface area contributed by atoms with Crippen LogP contribution in [0.3, 0.4) is 0 Å². The van der Waals surface area contributed by atoms with E-state index in [0.29, 0.717) is 6.42 Å². The van der Waals surface area contributed by atoms with Crippen LogP contribution in [0.15, 0.2) is 17.0 Å². The number of carbonyl (C=O) groups is 1. The Kier molecular flexibility index (Phi) is 5.08. The molecule has 1 rings (SSSR count). The second-order valence-electron chi connectivity index (χ2n) is 5.06. The molecule has 8 heteroatoms. The average molecular weight is 319 g/mol. The number of carboxylic acid groups (broad SMARTS) is 1. The molecule has 0 radical (unpaired) electrons. The fourth-order valence-electron chi connectivity index (χ4n) is 1.51. The number of carboxylic acids is 1. The fourth-order valence-corrected chi connectivity index (χ4v) is 2.95. The van der Waals surface area contributed by atoms with Gasteiger partial charge in [0.1, 0.15) is 5.82 Å². The molecule has 0 fully saturated rings. The summed E-state index contributed by atoms with van der Waals surface area (Å²) in [7, 11) is -4.13. The van der Waals surface area contributed by atoms with Crippen molar-refractivity contribution < 1.29 is 27.8 Å². The highest BCUT2D eigenvalue weighted by molar-refractivity contribution is 7.89. The third kappa shape index (κ3) is 4.23. The normalized spacial score (nSPS) is 14.7. The second-order valence-corrected chi connectivity index (χ2v) is 6.80. The van der Waals surface area contributed by atoms with Crippen LogP contribution in [0.1, 0.15) is 36.2 Å². The Bertz CT molecular complexity index is 655. The lowest BCUT2D eigenvalue weighted by molar-refractivity contribution is 0.0613. The molecule has 0 aliphatic rings. The largest absolute Gasteiger partial charge is 0.478 e. The number of hydrogen-bond donors (Lipinski definition) is 3. The first-order valence-corrected chi connectivity index (χ1v) is 7.74. The van der Waals surface area contributed by atoms with Crippen LogP contribution in [0.4, 0.5) is 4.39 Å². The minimum absolute atomic E-state index is 0.177. The van der Waals surface area contributed by atoms with Gasteiger partial charge in [0.25, 0.3) is 0 Å². The molecular formula is C13H18FNO5S. The molecular weight excluding hydrogens is 301 g/mol. The SMILES string of the molecule is CCC(C)(O)CNS(=O)(=O)c1cc(C(=O)O)cc(F)c1C. The Morgan fingerprint density at radius 3 is 2.48 bits per heavy atom. The van der Waals surface area contributed by atoms with E-state index < -0.39 is 37.9 Å². The predicted molar refractivity (Wildman–Crippen MR) is 74.2 cm³/mol. The molecule has 1 unspecified atom stereocenters. The summed E-state index contributed by atoms with van der Waals surface area (Å²) in [4.78, 5) is 10.4. The molecule has 3 N–H and O–H groups in total. The molecule has 0 bridgehead atoms. The van der Waals surface area contributed by atoms with Crippen LogP contribution in [-0.4, -0.2) is 36.7 Å². The van der Waals surface area contributed by atoms with Gasteiger partial charge >= 0.3 is 5.97 Å². The molecule has 1 atom stereocenters. The lowest BCUT2D eigenvalue weighted by Gasteiger charge is -2.22. The fraction of sp³-hybridized carbons (Fsp3) is 0.462. The van der Waals surface area contributed by atoms with Crippen LogP contribution in [0.2, 0.25) is 0 Å². The van der Waals surface area contributed by atoms with Gasteiger partial charge in [0.05, 0.1) is 16.1 Å². The van der Waals surface area contributed by atoms with Gasteiger partial charge in [-0.25, -0.2) is 22.3 Å². The van der Waals surface area contributed by atoms with E-state index in [4.69, 9.17) is 5.11 Å². The molecule has 118 valence electrons. The van der Waals surface area contributed by atoms with Gasteiger partial charge in [-0.1, -0.05) is 6.92 Å². The zero-order valence-corrected chi connectivity index (χ0v) is 12.8. The molecule has 0 saturated heterocycles. The molecule has 0 spiro atoms. The molecule has 0 saturated carbocycles. The van der Waals surface area contributed by atoms with Gasteiger partial charge in [-0.3, -0.25) is 0 Å². The molecule has 6 nitrogen and oxygen atoms in total. The monoisotopic (exact) mass is 319 g/mol. The number of benzene rings is 1. The molecule has 0 aliphatic heterocycles. The maximum Gasteiger partial charge on any atom is 0.335 e. The van der Waals surface area contributed by atoms with Crippen molar-refractivity contribution in [3.05, 3.63) is 29.1 Å². The van der Waals surface area contributed by atoms with Crippen LogP contribution >= 0.6 is 0 Å². The highest BCUT2D eigenvalue weighted by atomic mass is 32.2. The summed E-state index contributed by atoms with van der Waals surface area (Å²) < 4.78 is 40.2. The van der Waals surface area contributed by atoms with E-state index in [1.807, 2.05) is 0 Å². The molecule has 21 heavy (non-hydrogen) atoms. The van der Waals surface area contributed by atoms with E-state index >= 15 is 0 Å². The lowest BCUT2D eigenvalue weighted by Crippen LogP contribution is -2.40. The molecule has 0 amide bonds. The van der Waals surface area contributed by atoms with Crippen LogP contribution in [-0.2, 0) is 10.0 Å². The lowest BCUT2D eigenvalue weighted by atomic mass is 10.1. The zero-order chi connectivity index (χ0) is 16.4. The van der Waals surface area contributed by atoms with Crippen LogP contribution < -0.4 is 4.72 Å². The van der Waals surface area contributed by atoms with E-state index in [0.717, 1.165) is 12.1 Å². The minimum atomic E-state index is -4.13. The summed E-state index contributed by atoms with van der Waals surface area (Å²) in [5, 5.41) is 18.7. The van der Waals surface area contributed by atoms with E-state index in [2.05, 4.69) is 4.72 Å². The number of nitrogens with one attached hydrogen (secondary N) is 1. The van der Waals surface area contributed by atoms with Crippen molar-refractivity contribution >= 4 is 16.0 Å². The van der Waals surface area contributed by atoms with E-state index in [1.165, 1.54) is 13.8 Å². The Labute approximate surface area is 122 Å². The van der Waals surface area contributed by atoms with E-state index in [9.17, 15) is 22.7 Å². The molecule has 1 aromatic carbocycles. The quantitative estimate of drug-likeness (QED) is 0.732. The highest BCUT2D eigenvalue weighted by Gasteiger charge is 2.25. The predicted octanol–water partition coefficient (Wildman–Crippen LogP) is 1.27. The first-order valence-electron chi connectivity index (χ1n) is 6.25. The van der Waals surface area contributed by atoms with Gasteiger partial charge < -0.3 is 10.2 Å². The van der Waals surface area contributed by atoms with Crippen LogP contribution in [0.25, 0.3) is 0 Å². The topological polar surface area (TPSA) is 104 Å². The van der Waals surface area contributed by atoms with Crippen molar-refractivity contribution in [2.75, 3.05) is 6.54 Å². The summed E-state index contributed by atoms with van der Waals surface area (Å²) in [6, 6.07) is 1.66. The standard InChI is InChI=1S/C13H18FNO5S/c1-4-13(3,18)7-15-21(19,20)11-6-9(12(16)17)5-10(14)8(11)2/h5-6,15,18H,4,7H2,1-3H3,(H,16,17). The third-order valence-corrected chi connectivity index (χ3v) is 4.77. The Morgan fingerprint density at radius 2 is 2.00 bits per heavy atom. The number of sulfonamides is 1. The minimum Gasteiger partial charge on any atom is -0.478 e. The van der Waals surface area contributed by atoms with Gasteiger partial charge in [-0.15, -0.1) is 0 Å². The maximum atomic E-state index is 13.7. The Morgan fingerprint density at radius 1 is 1.43 bits per heavy atom. The average Bonchev–Trinajstić information content (AvgIpc) is 2.39. The summed E-state index contributed by atoms with van der Waals surface area (Å²) in [5.41, 5.74) is -1.88. The summed E-state index contributed by atoms with van der Waals surface area (Å²) >= 11 is 0. The first kappa shape index (κ1) is 17.5. The van der Waals surface area contributed by atoms with Crippen molar-refractivity contribution in [2.45, 2.75) is 37.7 Å². The number of halogens is 1. The first-order chi connectivity index (χ1) is 9.50. The smallest absolute Gasteiger partial charge is 0.335 e. The highest BCUT2D eigenvalue weighted by Crippen LogP contribution is 2.21. The number of aromatic carboxylic acids is 1. The van der Waals surface area contributed by atoms with Gasteiger partial charge in [0.15, 0.2) is 0 Å². The second kappa shape index (κ2) is 6.08. The molecule has 0 aliphatic carbocycles. The summed E-state index contributed by atoms with van der Waals surface area (Å²) in [6.07, 6.45) is 0.317.